The molecule has 2 aromatic heterocycles. The number of nitrogens with zero attached hydrogens (tertiary/aromatic N) is 4. The molecule has 4 heterocycles. The summed E-state index contributed by atoms with van der Waals surface area (Å²) in [5, 5.41) is 0. The first kappa shape index (κ1) is 33.4. The van der Waals surface area contributed by atoms with E-state index in [-0.39, 0.29) is 32.2 Å². The van der Waals surface area contributed by atoms with E-state index in [2.05, 4.69) is 135 Å². The van der Waals surface area contributed by atoms with E-state index in [9.17, 15) is 0 Å². The molecule has 0 atom stereocenters. The average Bonchev–Trinajstić information content (AvgIpc) is 3.08. The Morgan fingerprint density at radius 1 is 0.729 bits per heavy atom. The zero-order chi connectivity index (χ0) is 32.7. The van der Waals surface area contributed by atoms with Gasteiger partial charge in [0.15, 0.2) is 0 Å². The summed E-state index contributed by atoms with van der Waals surface area (Å²) in [6, 6.07) is 42.9. The summed E-state index contributed by atoms with van der Waals surface area (Å²) in [4.78, 5) is 13.8. The minimum absolute atomic E-state index is 0. The molecule has 0 fully saturated rings. The predicted molar refractivity (Wildman–Crippen MR) is 199 cm³/mol. The summed E-state index contributed by atoms with van der Waals surface area (Å²) in [7, 11) is 4.35. The van der Waals surface area contributed by atoms with Crippen LogP contribution in [-0.4, -0.2) is 30.8 Å². The van der Waals surface area contributed by atoms with E-state index in [1.165, 1.54) is 50.3 Å². The predicted octanol–water partition coefficient (Wildman–Crippen LogP) is 7.67. The van der Waals surface area contributed by atoms with Crippen molar-refractivity contribution in [3.63, 3.8) is 0 Å². The Morgan fingerprint density at radius 2 is 1.42 bits per heavy atom. The first-order valence-corrected chi connectivity index (χ1v) is 16.3. The number of pyridine rings is 2. The van der Waals surface area contributed by atoms with Crippen molar-refractivity contribution in [3.8, 4) is 22.5 Å². The molecule has 0 amide bonds. The van der Waals surface area contributed by atoms with Gasteiger partial charge in [-0.15, -0.1) is 59.1 Å². The van der Waals surface area contributed by atoms with Gasteiger partial charge < -0.3 is 19.8 Å². The number of benzene rings is 4. The van der Waals surface area contributed by atoms with Gasteiger partial charge >= 0.3 is 0 Å². The maximum atomic E-state index is 4.83. The number of aromatic nitrogens is 2. The van der Waals surface area contributed by atoms with Crippen LogP contribution in [0.4, 0.5) is 22.7 Å². The van der Waals surface area contributed by atoms with Gasteiger partial charge in [-0.25, -0.2) is 0 Å². The van der Waals surface area contributed by atoms with Crippen LogP contribution >= 0.6 is 0 Å². The Hall–Kier alpha value is -4.51. The molecule has 4 aromatic carbocycles. The Kier molecular flexibility index (Phi) is 9.42. The number of fused-ring (bicyclic) bond motifs is 4. The fourth-order valence-electron chi connectivity index (χ4n) is 6.96. The molecule has 0 aliphatic carbocycles. The Balaban J connectivity index is 0.000000241. The number of para-hydroxylation sites is 2. The largest absolute Gasteiger partial charge is 0.385 e. The molecule has 4 nitrogen and oxygen atoms in total. The molecular formula is C42H39BIrN4-2. The zero-order valence-corrected chi connectivity index (χ0v) is 30.8. The van der Waals surface area contributed by atoms with Crippen molar-refractivity contribution >= 4 is 45.9 Å². The molecule has 0 unspecified atom stereocenters. The van der Waals surface area contributed by atoms with Gasteiger partial charge in [0.25, 0.3) is 0 Å². The van der Waals surface area contributed by atoms with Crippen molar-refractivity contribution in [3.05, 3.63) is 139 Å². The molecule has 0 saturated heterocycles. The maximum absolute atomic E-state index is 4.83. The topological polar surface area (TPSA) is 32.3 Å². The standard InChI is InChI=1S/C30H29BN3.C12H10N.Ir/c1-30(2,3)19-20-16-17-32-24(18-20)21-14-15-27-28-29(21)34(5)26-13-9-7-11-23(26)31(28)22-10-6-8-12-25(22)33(27)4;1-10-7-8-12(13-9-10)11-5-3-2-4-6-11;/h6-13,15-18H,19H2,1-5H3;2-5,7-9H,1H3;/q2*-1;. The van der Waals surface area contributed by atoms with Crippen LogP contribution in [-0.2, 0) is 26.5 Å². The second-order valence-electron chi connectivity index (χ2n) is 13.8. The van der Waals surface area contributed by atoms with E-state index in [0.29, 0.717) is 0 Å². The fraction of sp³-hybridized carbons (Fsp3) is 0.190. The third-order valence-electron chi connectivity index (χ3n) is 9.04. The molecular weight excluding hydrogens is 764 g/mol. The molecule has 2 aliphatic rings. The first-order valence-electron chi connectivity index (χ1n) is 16.3. The van der Waals surface area contributed by atoms with Crippen LogP contribution in [0.3, 0.4) is 0 Å². The van der Waals surface area contributed by atoms with E-state index in [1.54, 1.807) is 0 Å². The molecule has 0 spiro atoms. The second kappa shape index (κ2) is 13.5. The SMILES string of the molecule is CN1c2ccccc2B2c3ccccc3N(C)c3c(-c4cc(CC(C)(C)C)ccn4)[c-]cc1c32.Cc1ccc(-c2[c-]cccc2)nc1.[Ir]. The van der Waals surface area contributed by atoms with Gasteiger partial charge in [0.1, 0.15) is 0 Å². The molecule has 2 aliphatic heterocycles. The van der Waals surface area contributed by atoms with Crippen LogP contribution < -0.4 is 26.2 Å². The van der Waals surface area contributed by atoms with Crippen LogP contribution in [0.25, 0.3) is 22.5 Å². The zero-order valence-electron chi connectivity index (χ0n) is 28.4. The molecule has 8 rings (SSSR count). The van der Waals surface area contributed by atoms with Crippen LogP contribution in [0, 0.1) is 24.5 Å². The van der Waals surface area contributed by atoms with E-state index >= 15 is 0 Å². The fourth-order valence-corrected chi connectivity index (χ4v) is 6.96. The van der Waals surface area contributed by atoms with Crippen LogP contribution in [0.5, 0.6) is 0 Å². The van der Waals surface area contributed by atoms with Gasteiger partial charge in [0, 0.05) is 58.0 Å². The Labute approximate surface area is 299 Å². The van der Waals surface area contributed by atoms with Crippen molar-refractivity contribution < 1.29 is 20.1 Å². The van der Waals surface area contributed by atoms with Crippen LogP contribution in [0.1, 0.15) is 31.9 Å². The molecule has 0 saturated carbocycles. The van der Waals surface area contributed by atoms with E-state index in [4.69, 9.17) is 4.98 Å². The van der Waals surface area contributed by atoms with Crippen molar-refractivity contribution in [2.75, 3.05) is 23.9 Å². The van der Waals surface area contributed by atoms with Crippen LogP contribution in [0.2, 0.25) is 0 Å². The van der Waals surface area contributed by atoms with Crippen molar-refractivity contribution in [1.29, 1.82) is 0 Å². The first-order chi connectivity index (χ1) is 22.7. The molecule has 0 N–H and O–H groups in total. The van der Waals surface area contributed by atoms with Gasteiger partial charge in [-0.3, -0.25) is 0 Å². The Bertz CT molecular complexity index is 2040. The Morgan fingerprint density at radius 3 is 2.06 bits per heavy atom. The number of anilines is 4. The van der Waals surface area contributed by atoms with E-state index < -0.39 is 0 Å². The quantitative estimate of drug-likeness (QED) is 0.136. The molecule has 48 heavy (non-hydrogen) atoms. The van der Waals surface area contributed by atoms with Crippen molar-refractivity contribution in [2.45, 2.75) is 34.1 Å². The van der Waals surface area contributed by atoms with Crippen molar-refractivity contribution in [2.24, 2.45) is 5.41 Å². The number of aryl methyl sites for hydroxylation is 1. The van der Waals surface area contributed by atoms with Gasteiger partial charge in [-0.1, -0.05) is 80.9 Å². The molecule has 241 valence electrons. The normalized spacial score (nSPS) is 12.6. The minimum atomic E-state index is 0. The molecule has 0 bridgehead atoms. The summed E-state index contributed by atoms with van der Waals surface area (Å²) >= 11 is 0. The summed E-state index contributed by atoms with van der Waals surface area (Å²) < 4.78 is 0. The van der Waals surface area contributed by atoms with Gasteiger partial charge in [0.2, 0.25) is 6.71 Å². The number of rotatable bonds is 3. The third-order valence-corrected chi connectivity index (χ3v) is 9.04. The summed E-state index contributed by atoms with van der Waals surface area (Å²) in [5.74, 6) is 0. The third kappa shape index (κ3) is 6.35. The second-order valence-corrected chi connectivity index (χ2v) is 13.8. The number of hydrogen-bond acceptors (Lipinski definition) is 4. The maximum Gasteiger partial charge on any atom is 0.232 e. The number of hydrogen-bond donors (Lipinski definition) is 0. The molecule has 6 heteroatoms. The summed E-state index contributed by atoms with van der Waals surface area (Å²) in [6.07, 6.45) is 4.84. The van der Waals surface area contributed by atoms with Crippen LogP contribution in [0.15, 0.2) is 116 Å². The van der Waals surface area contributed by atoms with Gasteiger partial charge in [0.05, 0.1) is 0 Å². The monoisotopic (exact) mass is 803 g/mol. The van der Waals surface area contributed by atoms with Gasteiger partial charge in [-0.05, 0) is 76.2 Å². The average molecular weight is 803 g/mol. The van der Waals surface area contributed by atoms with E-state index in [0.717, 1.165) is 28.9 Å². The van der Waals surface area contributed by atoms with Gasteiger partial charge in [-0.2, -0.15) is 0 Å². The summed E-state index contributed by atoms with van der Waals surface area (Å²) in [6.45, 7) is 9.07. The molecule has 1 radical (unpaired) electrons. The smallest absolute Gasteiger partial charge is 0.232 e. The van der Waals surface area contributed by atoms with E-state index in [1.807, 2.05) is 49.6 Å². The summed E-state index contributed by atoms with van der Waals surface area (Å²) in [5.41, 5.74) is 15.8. The molecule has 6 aromatic rings. The van der Waals surface area contributed by atoms with Crippen molar-refractivity contribution in [1.82, 2.24) is 9.97 Å². The minimum Gasteiger partial charge on any atom is -0.385 e.